The molecule has 0 bridgehead atoms. The Kier molecular flexibility index (Phi) is 7.08. The zero-order valence-corrected chi connectivity index (χ0v) is 16.8. The van der Waals surface area contributed by atoms with E-state index < -0.39 is 0 Å². The smallest absolute Gasteiger partial charge is 0.234 e. The molecule has 0 saturated carbocycles. The summed E-state index contributed by atoms with van der Waals surface area (Å²) < 4.78 is 19.6. The highest BCUT2D eigenvalue weighted by atomic mass is 32.2. The lowest BCUT2D eigenvalue weighted by atomic mass is 10.2. The molecule has 0 unspecified atom stereocenters. The summed E-state index contributed by atoms with van der Waals surface area (Å²) in [5.41, 5.74) is 1.74. The highest BCUT2D eigenvalue weighted by Gasteiger charge is 2.09. The maximum atomic E-state index is 12.9. The Labute approximate surface area is 168 Å². The van der Waals surface area contributed by atoms with Gasteiger partial charge < -0.3 is 10.1 Å². The summed E-state index contributed by atoms with van der Waals surface area (Å²) in [4.78, 5) is 12.0. The van der Waals surface area contributed by atoms with Gasteiger partial charge in [0.05, 0.1) is 12.9 Å². The summed E-state index contributed by atoms with van der Waals surface area (Å²) in [5, 5.41) is 11.0. The number of halogens is 1. The molecular formula is C18H16FN3O2S3. The Morgan fingerprint density at radius 1 is 1.07 bits per heavy atom. The van der Waals surface area contributed by atoms with Crippen molar-refractivity contribution in [1.82, 2.24) is 10.2 Å². The molecule has 0 aliphatic rings. The Hall–Kier alpha value is -2.10. The van der Waals surface area contributed by atoms with E-state index in [-0.39, 0.29) is 17.5 Å². The molecule has 0 saturated heterocycles. The molecule has 3 rings (SSSR count). The summed E-state index contributed by atoms with van der Waals surface area (Å²) in [6, 6.07) is 13.5. The van der Waals surface area contributed by atoms with Crippen molar-refractivity contribution < 1.29 is 13.9 Å². The first-order valence-corrected chi connectivity index (χ1v) is 10.7. The molecule has 1 heterocycles. The van der Waals surface area contributed by atoms with E-state index in [1.54, 1.807) is 18.9 Å². The third-order valence-electron chi connectivity index (χ3n) is 3.36. The summed E-state index contributed by atoms with van der Waals surface area (Å²) in [5.74, 6) is 1.33. The largest absolute Gasteiger partial charge is 0.497 e. The Morgan fingerprint density at radius 2 is 1.74 bits per heavy atom. The fourth-order valence-corrected chi connectivity index (χ4v) is 4.81. The number of anilines is 1. The molecule has 27 heavy (non-hydrogen) atoms. The summed E-state index contributed by atoms with van der Waals surface area (Å²) in [6.45, 7) is 0. The second-order valence-electron chi connectivity index (χ2n) is 5.31. The lowest BCUT2D eigenvalue weighted by Crippen LogP contribution is -2.13. The van der Waals surface area contributed by atoms with Crippen LogP contribution in [-0.4, -0.2) is 29.0 Å². The van der Waals surface area contributed by atoms with E-state index in [1.165, 1.54) is 52.9 Å². The highest BCUT2D eigenvalue weighted by Crippen LogP contribution is 2.31. The first-order chi connectivity index (χ1) is 13.1. The van der Waals surface area contributed by atoms with Crippen LogP contribution in [0.25, 0.3) is 0 Å². The number of thioether (sulfide) groups is 2. The summed E-state index contributed by atoms with van der Waals surface area (Å²) in [6.07, 6.45) is 0. The average molecular weight is 422 g/mol. The lowest BCUT2D eigenvalue weighted by Gasteiger charge is -2.03. The Morgan fingerprint density at radius 3 is 2.41 bits per heavy atom. The molecule has 0 aliphatic carbocycles. The van der Waals surface area contributed by atoms with E-state index in [4.69, 9.17) is 4.74 Å². The molecule has 1 N–H and O–H groups in total. The van der Waals surface area contributed by atoms with Crippen LogP contribution in [0.3, 0.4) is 0 Å². The van der Waals surface area contributed by atoms with Gasteiger partial charge in [-0.25, -0.2) is 4.39 Å². The van der Waals surface area contributed by atoms with Crippen LogP contribution in [0.5, 0.6) is 5.75 Å². The van der Waals surface area contributed by atoms with Crippen LogP contribution < -0.4 is 10.1 Å². The first kappa shape index (κ1) is 19.7. The molecule has 5 nitrogen and oxygen atoms in total. The van der Waals surface area contributed by atoms with Crippen LogP contribution in [0.4, 0.5) is 10.1 Å². The standard InChI is InChI=1S/C18H16FN3O2S3/c1-24-15-8-2-12(3-9-15)10-25-17-21-22-18(27-17)26-11-16(23)20-14-6-4-13(19)5-7-14/h2-9H,10-11H2,1H3,(H,20,23). The molecule has 3 aromatic rings. The van der Waals surface area contributed by atoms with Gasteiger partial charge in [-0.15, -0.1) is 10.2 Å². The second kappa shape index (κ2) is 9.72. The zero-order valence-electron chi connectivity index (χ0n) is 14.3. The number of nitrogens with one attached hydrogen (secondary N) is 1. The van der Waals surface area contributed by atoms with Crippen molar-refractivity contribution in [3.8, 4) is 5.75 Å². The number of methoxy groups -OCH3 is 1. The molecule has 0 fully saturated rings. The number of ether oxygens (including phenoxy) is 1. The van der Waals surface area contributed by atoms with Gasteiger partial charge in [0.25, 0.3) is 0 Å². The molecule has 9 heteroatoms. The molecule has 2 aromatic carbocycles. The zero-order chi connectivity index (χ0) is 19.1. The molecule has 1 amide bonds. The summed E-state index contributed by atoms with van der Waals surface area (Å²) in [7, 11) is 1.64. The third-order valence-corrected chi connectivity index (χ3v) is 6.63. The third kappa shape index (κ3) is 6.23. The van der Waals surface area contributed by atoms with E-state index in [0.29, 0.717) is 5.69 Å². The number of carbonyl (C=O) groups excluding carboxylic acids is 1. The van der Waals surface area contributed by atoms with Gasteiger partial charge >= 0.3 is 0 Å². The number of benzene rings is 2. The molecular weight excluding hydrogens is 405 g/mol. The molecule has 0 atom stereocenters. The van der Waals surface area contributed by atoms with E-state index in [1.807, 2.05) is 24.3 Å². The maximum Gasteiger partial charge on any atom is 0.234 e. The van der Waals surface area contributed by atoms with Gasteiger partial charge in [0, 0.05) is 11.4 Å². The first-order valence-electron chi connectivity index (χ1n) is 7.90. The number of amides is 1. The van der Waals surface area contributed by atoms with Gasteiger partial charge in [0.1, 0.15) is 11.6 Å². The minimum absolute atomic E-state index is 0.172. The number of aromatic nitrogens is 2. The monoisotopic (exact) mass is 421 g/mol. The van der Waals surface area contributed by atoms with Gasteiger partial charge in [-0.1, -0.05) is 47.0 Å². The van der Waals surface area contributed by atoms with Crippen LogP contribution >= 0.6 is 34.9 Å². The fourth-order valence-electron chi connectivity index (χ4n) is 2.04. The van der Waals surface area contributed by atoms with E-state index in [0.717, 1.165) is 20.2 Å². The Balaban J connectivity index is 1.44. The Bertz CT molecular complexity index is 886. The highest BCUT2D eigenvalue weighted by molar-refractivity contribution is 8.03. The van der Waals surface area contributed by atoms with Crippen molar-refractivity contribution in [2.24, 2.45) is 0 Å². The van der Waals surface area contributed by atoms with Gasteiger partial charge in [-0.3, -0.25) is 4.79 Å². The normalized spacial score (nSPS) is 10.6. The number of rotatable bonds is 8. The van der Waals surface area contributed by atoms with E-state index in [2.05, 4.69) is 15.5 Å². The van der Waals surface area contributed by atoms with E-state index >= 15 is 0 Å². The van der Waals surface area contributed by atoms with Crippen LogP contribution in [-0.2, 0) is 10.5 Å². The number of nitrogens with zero attached hydrogens (tertiary/aromatic N) is 2. The predicted octanol–water partition coefficient (Wildman–Crippen LogP) is 4.71. The van der Waals surface area contributed by atoms with Crippen molar-refractivity contribution in [2.45, 2.75) is 14.4 Å². The van der Waals surface area contributed by atoms with Gasteiger partial charge in [0.2, 0.25) is 5.91 Å². The minimum Gasteiger partial charge on any atom is -0.497 e. The van der Waals surface area contributed by atoms with Gasteiger partial charge in [0.15, 0.2) is 8.68 Å². The maximum absolute atomic E-state index is 12.9. The van der Waals surface area contributed by atoms with Crippen molar-refractivity contribution in [3.63, 3.8) is 0 Å². The minimum atomic E-state index is -0.337. The number of carbonyl (C=O) groups is 1. The fraction of sp³-hybridized carbons (Fsp3) is 0.167. The predicted molar refractivity (Wildman–Crippen MR) is 108 cm³/mol. The molecule has 0 spiro atoms. The average Bonchev–Trinajstić information content (AvgIpc) is 3.15. The van der Waals surface area contributed by atoms with Crippen LogP contribution in [0, 0.1) is 5.82 Å². The molecule has 0 aliphatic heterocycles. The van der Waals surface area contributed by atoms with Crippen molar-refractivity contribution in [1.29, 1.82) is 0 Å². The molecule has 140 valence electrons. The topological polar surface area (TPSA) is 64.1 Å². The lowest BCUT2D eigenvalue weighted by molar-refractivity contribution is -0.113. The quantitative estimate of drug-likeness (QED) is 0.532. The van der Waals surface area contributed by atoms with Gasteiger partial charge in [-0.05, 0) is 42.0 Å². The summed E-state index contributed by atoms with van der Waals surface area (Å²) >= 11 is 4.39. The van der Waals surface area contributed by atoms with Crippen LogP contribution in [0.1, 0.15) is 5.56 Å². The van der Waals surface area contributed by atoms with E-state index in [9.17, 15) is 9.18 Å². The second-order valence-corrected chi connectivity index (χ2v) is 8.74. The molecule has 0 radical (unpaired) electrons. The van der Waals surface area contributed by atoms with Crippen molar-refractivity contribution >= 4 is 46.5 Å². The number of hydrogen-bond donors (Lipinski definition) is 1. The van der Waals surface area contributed by atoms with Crippen molar-refractivity contribution in [3.05, 3.63) is 59.9 Å². The number of hydrogen-bond acceptors (Lipinski definition) is 7. The van der Waals surface area contributed by atoms with Crippen molar-refractivity contribution in [2.75, 3.05) is 18.2 Å². The van der Waals surface area contributed by atoms with Crippen LogP contribution in [0.2, 0.25) is 0 Å². The van der Waals surface area contributed by atoms with Gasteiger partial charge in [-0.2, -0.15) is 0 Å². The van der Waals surface area contributed by atoms with Crippen LogP contribution in [0.15, 0.2) is 57.2 Å². The SMILES string of the molecule is COc1ccc(CSc2nnc(SCC(=O)Nc3ccc(F)cc3)s2)cc1. The molecule has 1 aromatic heterocycles.